The van der Waals surface area contributed by atoms with Crippen LogP contribution in [-0.2, 0) is 21.4 Å². The van der Waals surface area contributed by atoms with E-state index in [-0.39, 0.29) is 23.6 Å². The van der Waals surface area contributed by atoms with Gasteiger partial charge in [0.25, 0.3) is 0 Å². The van der Waals surface area contributed by atoms with E-state index in [4.69, 9.17) is 13.9 Å². The molecule has 5 nitrogen and oxygen atoms in total. The molecule has 1 aromatic rings. The summed E-state index contributed by atoms with van der Waals surface area (Å²) < 4.78 is 18.8. The van der Waals surface area contributed by atoms with E-state index in [0.29, 0.717) is 12.0 Å². The topological polar surface area (TPSA) is 48.0 Å². The van der Waals surface area contributed by atoms with Crippen molar-refractivity contribution in [3.8, 4) is 11.5 Å². The smallest absolute Gasteiger partial charge is 0.303 e. The van der Waals surface area contributed by atoms with E-state index in [0.717, 1.165) is 30.9 Å². The number of piperidine rings is 1. The molecular weight excluding hydrogens is 370 g/mol. The Labute approximate surface area is 167 Å². The van der Waals surface area contributed by atoms with Crippen LogP contribution in [0.4, 0.5) is 0 Å². The summed E-state index contributed by atoms with van der Waals surface area (Å²) in [7, 11) is 0.442. The minimum absolute atomic E-state index is 0.131. The molecule has 0 radical (unpaired) electrons. The molecule has 2 bridgehead atoms. The molecule has 5 unspecified atom stereocenters. The van der Waals surface area contributed by atoms with Gasteiger partial charge in [-0.1, -0.05) is 12.1 Å². The Balaban J connectivity index is 1.70. The molecule has 150 valence electrons. The van der Waals surface area contributed by atoms with Gasteiger partial charge in [0.05, 0.1) is 0 Å². The lowest BCUT2D eigenvalue weighted by atomic mass is 9.53. The van der Waals surface area contributed by atoms with Crippen molar-refractivity contribution >= 4 is 14.3 Å². The lowest BCUT2D eigenvalue weighted by Gasteiger charge is -2.56. The van der Waals surface area contributed by atoms with Crippen LogP contribution in [0.3, 0.4) is 0 Å². The van der Waals surface area contributed by atoms with Crippen molar-refractivity contribution in [1.82, 2.24) is 4.90 Å². The van der Waals surface area contributed by atoms with Gasteiger partial charge in [-0.15, -0.1) is 0 Å². The number of carbonyl (C=O) groups is 1. The predicted octanol–water partition coefficient (Wildman–Crippen LogP) is 3.28. The maximum atomic E-state index is 11.8. The molecule has 5 rings (SSSR count). The van der Waals surface area contributed by atoms with Crippen molar-refractivity contribution in [3.63, 3.8) is 0 Å². The number of nitrogens with zero attached hydrogens (tertiary/aromatic N) is 1. The Morgan fingerprint density at radius 1 is 1.29 bits per heavy atom. The first kappa shape index (κ1) is 18.2. The van der Waals surface area contributed by atoms with Crippen LogP contribution in [0.2, 0.25) is 19.6 Å². The van der Waals surface area contributed by atoms with Gasteiger partial charge in [0, 0.05) is 29.9 Å². The standard InChI is InChI=1S/C22H29NO4Si/c1-13(24)25-18-9-7-15-16-12-14-6-8-17(27-28(3,4)5)20-19(14)22(15,21(18)26-20)10-11-23(16)2/h6-9,15-16,18,21H,10-12H2,1-5H3. The highest BCUT2D eigenvalue weighted by Crippen LogP contribution is 2.62. The van der Waals surface area contributed by atoms with Crippen LogP contribution < -0.4 is 9.16 Å². The zero-order valence-corrected chi connectivity index (χ0v) is 18.3. The first-order valence-electron chi connectivity index (χ1n) is 10.3. The van der Waals surface area contributed by atoms with Gasteiger partial charge in [-0.2, -0.15) is 0 Å². The van der Waals surface area contributed by atoms with E-state index < -0.39 is 8.32 Å². The van der Waals surface area contributed by atoms with E-state index in [1.165, 1.54) is 18.1 Å². The minimum atomic E-state index is -1.78. The van der Waals surface area contributed by atoms with Crippen LogP contribution in [-0.4, -0.2) is 51.0 Å². The quantitative estimate of drug-likeness (QED) is 0.443. The average molecular weight is 400 g/mol. The van der Waals surface area contributed by atoms with E-state index >= 15 is 0 Å². The minimum Gasteiger partial charge on any atom is -0.542 e. The Morgan fingerprint density at radius 3 is 2.79 bits per heavy atom. The molecule has 4 aliphatic rings. The molecule has 0 aromatic heterocycles. The van der Waals surface area contributed by atoms with Gasteiger partial charge in [0.1, 0.15) is 11.9 Å². The third-order valence-corrected chi connectivity index (χ3v) is 7.67. The fraction of sp³-hybridized carbons (Fsp3) is 0.591. The summed E-state index contributed by atoms with van der Waals surface area (Å²) >= 11 is 0. The molecule has 28 heavy (non-hydrogen) atoms. The zero-order valence-electron chi connectivity index (χ0n) is 17.3. The maximum Gasteiger partial charge on any atom is 0.303 e. The third-order valence-electron chi connectivity index (χ3n) is 6.83. The number of ether oxygens (including phenoxy) is 2. The predicted molar refractivity (Wildman–Crippen MR) is 109 cm³/mol. The number of esters is 1. The molecule has 6 heteroatoms. The van der Waals surface area contributed by atoms with Crippen LogP contribution in [0.1, 0.15) is 24.5 Å². The third kappa shape index (κ3) is 2.43. The fourth-order valence-corrected chi connectivity index (χ4v) is 6.73. The molecule has 0 N–H and O–H groups in total. The largest absolute Gasteiger partial charge is 0.542 e. The molecule has 1 fully saturated rings. The molecule has 0 amide bonds. The maximum absolute atomic E-state index is 11.8. The first-order valence-corrected chi connectivity index (χ1v) is 13.7. The van der Waals surface area contributed by atoms with Crippen molar-refractivity contribution in [2.75, 3.05) is 13.6 Å². The number of rotatable bonds is 3. The number of benzene rings is 1. The van der Waals surface area contributed by atoms with E-state index in [1.807, 2.05) is 0 Å². The monoisotopic (exact) mass is 399 g/mol. The number of hydrogen-bond donors (Lipinski definition) is 0. The summed E-state index contributed by atoms with van der Waals surface area (Å²) in [6.07, 6.45) is 5.85. The van der Waals surface area contributed by atoms with Gasteiger partial charge in [0.2, 0.25) is 8.32 Å². The number of carbonyl (C=O) groups excluding carboxylic acids is 1. The van der Waals surface area contributed by atoms with Crippen molar-refractivity contribution in [1.29, 1.82) is 0 Å². The highest BCUT2D eigenvalue weighted by Gasteiger charge is 2.65. The molecule has 1 saturated heterocycles. The molecule has 2 aliphatic heterocycles. The molecule has 1 aromatic carbocycles. The summed E-state index contributed by atoms with van der Waals surface area (Å²) in [4.78, 5) is 14.3. The van der Waals surface area contributed by atoms with Crippen LogP contribution in [0.5, 0.6) is 11.5 Å². The highest BCUT2D eigenvalue weighted by atomic mass is 28.4. The zero-order chi connectivity index (χ0) is 19.8. The van der Waals surface area contributed by atoms with E-state index in [1.54, 1.807) is 0 Å². The number of likely N-dealkylation sites (N-methyl/N-ethyl adjacent to an activating group) is 1. The molecule has 5 atom stereocenters. The lowest BCUT2D eigenvalue weighted by molar-refractivity contribution is -0.152. The molecule has 0 saturated carbocycles. The Kier molecular flexibility index (Phi) is 3.82. The number of hydrogen-bond acceptors (Lipinski definition) is 5. The Morgan fingerprint density at radius 2 is 2.07 bits per heavy atom. The van der Waals surface area contributed by atoms with Crippen LogP contribution in [0.15, 0.2) is 24.3 Å². The number of likely N-dealkylation sites (tertiary alicyclic amines) is 1. The Bertz CT molecular complexity index is 876. The lowest BCUT2D eigenvalue weighted by Crippen LogP contribution is -2.65. The van der Waals surface area contributed by atoms with Gasteiger partial charge < -0.3 is 18.8 Å². The van der Waals surface area contributed by atoms with Gasteiger partial charge in [-0.3, -0.25) is 4.79 Å². The van der Waals surface area contributed by atoms with Gasteiger partial charge in [0.15, 0.2) is 11.9 Å². The second kappa shape index (κ2) is 5.86. The summed E-state index contributed by atoms with van der Waals surface area (Å²) in [5.74, 6) is 1.88. The summed E-state index contributed by atoms with van der Waals surface area (Å²) in [5, 5.41) is 0. The van der Waals surface area contributed by atoms with Gasteiger partial charge in [-0.25, -0.2) is 0 Å². The summed E-state index contributed by atoms with van der Waals surface area (Å²) in [6.45, 7) is 9.08. The molecule has 2 aliphatic carbocycles. The first-order chi connectivity index (χ1) is 13.2. The van der Waals surface area contributed by atoms with Crippen molar-refractivity contribution in [2.45, 2.75) is 63.1 Å². The normalized spacial score (nSPS) is 35.2. The van der Waals surface area contributed by atoms with Gasteiger partial charge in [-0.05, 0) is 63.8 Å². The SMILES string of the molecule is CC(=O)OC1C=CC2C3Cc4ccc(O[Si](C)(C)C)c5c4C2(CCN3C)C1O5. The van der Waals surface area contributed by atoms with Gasteiger partial charge >= 0.3 is 5.97 Å². The second-order valence-electron chi connectivity index (χ2n) is 9.71. The molecule has 2 heterocycles. The van der Waals surface area contributed by atoms with E-state index in [2.05, 4.69) is 55.9 Å². The van der Waals surface area contributed by atoms with E-state index in [9.17, 15) is 4.79 Å². The summed E-state index contributed by atoms with van der Waals surface area (Å²) in [6, 6.07) is 4.78. The highest BCUT2D eigenvalue weighted by molar-refractivity contribution is 6.70. The fourth-order valence-electron chi connectivity index (χ4n) is 5.91. The second-order valence-corrected chi connectivity index (χ2v) is 14.1. The molecular formula is C22H29NO4Si. The van der Waals surface area contributed by atoms with Crippen LogP contribution >= 0.6 is 0 Å². The summed E-state index contributed by atoms with van der Waals surface area (Å²) in [5.41, 5.74) is 2.56. The molecule has 1 spiro atoms. The van der Waals surface area contributed by atoms with Crippen molar-refractivity contribution < 1.29 is 18.7 Å². The van der Waals surface area contributed by atoms with Crippen molar-refractivity contribution in [3.05, 3.63) is 35.4 Å². The Hall–Kier alpha value is -1.79. The van der Waals surface area contributed by atoms with Crippen molar-refractivity contribution in [2.24, 2.45) is 5.92 Å². The van der Waals surface area contributed by atoms with Crippen LogP contribution in [0, 0.1) is 5.92 Å². The van der Waals surface area contributed by atoms with Crippen LogP contribution in [0.25, 0.3) is 0 Å². The average Bonchev–Trinajstić information content (AvgIpc) is 2.95.